The Morgan fingerprint density at radius 2 is 1.92 bits per heavy atom. The fourth-order valence-electron chi connectivity index (χ4n) is 2.67. The van der Waals surface area contributed by atoms with Gasteiger partial charge in [-0.05, 0) is 42.9 Å². The van der Waals surface area contributed by atoms with Crippen LogP contribution in [-0.2, 0) is 20.9 Å². The van der Waals surface area contributed by atoms with Crippen molar-refractivity contribution >= 4 is 18.0 Å². The standard InChI is InChI=1S/C18H24N2O5/c21-12-16(18(23)25-15-3-1-2-4-15)19-11-14-7-5-13(6-8-14)9-10-17(22)20-24/h5-10,15-16,19,21,24H,1-4,11-12H2,(H,20,22)/b10-9+/t16-/m1/s1. The fraction of sp³-hybridized carbons (Fsp3) is 0.444. The number of aliphatic hydroxyl groups is 1. The molecule has 2 rings (SSSR count). The minimum absolute atomic E-state index is 0.0226. The molecule has 1 aliphatic carbocycles. The molecule has 1 fully saturated rings. The predicted octanol–water partition coefficient (Wildman–Crippen LogP) is 1.14. The second kappa shape index (κ2) is 9.93. The van der Waals surface area contributed by atoms with Crippen LogP contribution in [-0.4, -0.2) is 40.9 Å². The zero-order valence-electron chi connectivity index (χ0n) is 14.0. The summed E-state index contributed by atoms with van der Waals surface area (Å²) in [6.07, 6.45) is 6.71. The fourth-order valence-corrected chi connectivity index (χ4v) is 2.67. The van der Waals surface area contributed by atoms with Gasteiger partial charge >= 0.3 is 5.97 Å². The minimum Gasteiger partial charge on any atom is -0.461 e. The Balaban J connectivity index is 1.82. The van der Waals surface area contributed by atoms with Crippen LogP contribution in [0.3, 0.4) is 0 Å². The van der Waals surface area contributed by atoms with Crippen molar-refractivity contribution < 1.29 is 24.6 Å². The lowest BCUT2D eigenvalue weighted by Crippen LogP contribution is -2.41. The summed E-state index contributed by atoms with van der Waals surface area (Å²) in [6, 6.07) is 6.57. The molecule has 0 unspecified atom stereocenters. The maximum Gasteiger partial charge on any atom is 0.325 e. The molecule has 1 amide bonds. The number of hydrogen-bond acceptors (Lipinski definition) is 6. The predicted molar refractivity (Wildman–Crippen MR) is 91.5 cm³/mol. The van der Waals surface area contributed by atoms with Crippen LogP contribution in [0.5, 0.6) is 0 Å². The molecule has 136 valence electrons. The van der Waals surface area contributed by atoms with Crippen LogP contribution >= 0.6 is 0 Å². The quantitative estimate of drug-likeness (QED) is 0.243. The first-order chi connectivity index (χ1) is 12.1. The maximum atomic E-state index is 12.1. The molecule has 1 aromatic rings. The molecule has 0 heterocycles. The minimum atomic E-state index is -0.742. The average Bonchev–Trinajstić information content (AvgIpc) is 3.14. The van der Waals surface area contributed by atoms with Crippen LogP contribution in [0.1, 0.15) is 36.8 Å². The van der Waals surface area contributed by atoms with E-state index >= 15 is 0 Å². The van der Waals surface area contributed by atoms with Crippen molar-refractivity contribution in [1.29, 1.82) is 0 Å². The third-order valence-electron chi connectivity index (χ3n) is 4.12. The second-order valence-electron chi connectivity index (χ2n) is 6.01. The number of nitrogens with one attached hydrogen (secondary N) is 2. The van der Waals surface area contributed by atoms with Crippen molar-refractivity contribution in [3.05, 3.63) is 41.5 Å². The van der Waals surface area contributed by atoms with Gasteiger partial charge < -0.3 is 9.84 Å². The van der Waals surface area contributed by atoms with E-state index in [4.69, 9.17) is 9.94 Å². The topological polar surface area (TPSA) is 108 Å². The van der Waals surface area contributed by atoms with Crippen LogP contribution < -0.4 is 10.8 Å². The van der Waals surface area contributed by atoms with E-state index < -0.39 is 17.9 Å². The molecule has 0 bridgehead atoms. The summed E-state index contributed by atoms with van der Waals surface area (Å²) in [5.41, 5.74) is 3.24. The first-order valence-electron chi connectivity index (χ1n) is 8.38. The summed E-state index contributed by atoms with van der Waals surface area (Å²) in [5, 5.41) is 20.8. The van der Waals surface area contributed by atoms with Gasteiger partial charge in [-0.2, -0.15) is 0 Å². The molecule has 1 aliphatic rings. The average molecular weight is 348 g/mol. The Labute approximate surface area is 146 Å². The van der Waals surface area contributed by atoms with Gasteiger partial charge in [0.25, 0.3) is 5.91 Å². The molecule has 1 saturated carbocycles. The molecule has 0 spiro atoms. The number of carbonyl (C=O) groups is 2. The number of hydrogen-bond donors (Lipinski definition) is 4. The van der Waals surface area contributed by atoms with Gasteiger partial charge in [0.05, 0.1) is 6.61 Å². The van der Waals surface area contributed by atoms with Crippen LogP contribution in [0.25, 0.3) is 6.08 Å². The van der Waals surface area contributed by atoms with E-state index in [0.717, 1.165) is 36.8 Å². The Bertz CT molecular complexity index is 594. The van der Waals surface area contributed by atoms with E-state index in [1.54, 1.807) is 6.08 Å². The van der Waals surface area contributed by atoms with Crippen LogP contribution in [0, 0.1) is 0 Å². The van der Waals surface area contributed by atoms with Crippen molar-refractivity contribution in [2.75, 3.05) is 6.61 Å². The van der Waals surface area contributed by atoms with Gasteiger partial charge in [-0.3, -0.25) is 20.1 Å². The number of aliphatic hydroxyl groups excluding tert-OH is 1. The lowest BCUT2D eigenvalue weighted by Gasteiger charge is -2.18. The van der Waals surface area contributed by atoms with Gasteiger partial charge in [-0.15, -0.1) is 0 Å². The van der Waals surface area contributed by atoms with Gasteiger partial charge in [0.1, 0.15) is 12.1 Å². The second-order valence-corrected chi connectivity index (χ2v) is 6.01. The van der Waals surface area contributed by atoms with Crippen molar-refractivity contribution in [1.82, 2.24) is 10.8 Å². The van der Waals surface area contributed by atoms with Gasteiger partial charge in [0.15, 0.2) is 0 Å². The third kappa shape index (κ3) is 6.30. The number of ether oxygens (including phenoxy) is 1. The molecule has 0 aliphatic heterocycles. The largest absolute Gasteiger partial charge is 0.461 e. The van der Waals surface area contributed by atoms with Gasteiger partial charge in [-0.1, -0.05) is 24.3 Å². The van der Waals surface area contributed by atoms with Crippen molar-refractivity contribution in [3.63, 3.8) is 0 Å². The normalized spacial score (nSPS) is 16.1. The van der Waals surface area contributed by atoms with Gasteiger partial charge in [-0.25, -0.2) is 5.48 Å². The number of rotatable bonds is 8. The summed E-state index contributed by atoms with van der Waals surface area (Å²) < 4.78 is 5.41. The van der Waals surface area contributed by atoms with E-state index in [0.29, 0.717) is 6.54 Å². The van der Waals surface area contributed by atoms with Crippen LogP contribution in [0.4, 0.5) is 0 Å². The molecule has 1 atom stereocenters. The Morgan fingerprint density at radius 3 is 2.52 bits per heavy atom. The Kier molecular flexibility index (Phi) is 7.59. The SMILES string of the molecule is O=C(/C=C/c1ccc(CN[C@H](CO)C(=O)OC2CCCC2)cc1)NO. The van der Waals surface area contributed by atoms with Crippen molar-refractivity contribution in [2.24, 2.45) is 0 Å². The number of esters is 1. The number of carbonyl (C=O) groups excluding carboxylic acids is 2. The highest BCUT2D eigenvalue weighted by molar-refractivity contribution is 5.90. The van der Waals surface area contributed by atoms with Crippen molar-refractivity contribution in [3.8, 4) is 0 Å². The molecular weight excluding hydrogens is 324 g/mol. The summed E-state index contributed by atoms with van der Waals surface area (Å²) >= 11 is 0. The molecule has 0 aromatic heterocycles. The Morgan fingerprint density at radius 1 is 1.24 bits per heavy atom. The zero-order valence-corrected chi connectivity index (χ0v) is 14.0. The number of hydroxylamine groups is 1. The third-order valence-corrected chi connectivity index (χ3v) is 4.12. The maximum absolute atomic E-state index is 12.1. The van der Waals surface area contributed by atoms with Gasteiger partial charge in [0.2, 0.25) is 0 Å². The summed E-state index contributed by atoms with van der Waals surface area (Å²) in [4.78, 5) is 23.0. The van der Waals surface area contributed by atoms with E-state index in [1.807, 2.05) is 24.3 Å². The summed E-state index contributed by atoms with van der Waals surface area (Å²) in [7, 11) is 0. The molecular formula is C18H24N2O5. The molecule has 4 N–H and O–H groups in total. The highest BCUT2D eigenvalue weighted by Gasteiger charge is 2.24. The summed E-state index contributed by atoms with van der Waals surface area (Å²) in [5.74, 6) is -1.01. The molecule has 1 aromatic carbocycles. The summed E-state index contributed by atoms with van der Waals surface area (Å²) in [6.45, 7) is 0.0920. The van der Waals surface area contributed by atoms with E-state index in [9.17, 15) is 14.7 Å². The number of amides is 1. The first-order valence-corrected chi connectivity index (χ1v) is 8.38. The first kappa shape index (κ1) is 19.1. The van der Waals surface area contributed by atoms with E-state index in [2.05, 4.69) is 5.32 Å². The highest BCUT2D eigenvalue weighted by Crippen LogP contribution is 2.21. The van der Waals surface area contributed by atoms with Gasteiger partial charge in [0, 0.05) is 12.6 Å². The molecule has 25 heavy (non-hydrogen) atoms. The molecule has 0 radical (unpaired) electrons. The molecule has 7 nitrogen and oxygen atoms in total. The molecule has 0 saturated heterocycles. The van der Waals surface area contributed by atoms with Crippen LogP contribution in [0.15, 0.2) is 30.3 Å². The zero-order chi connectivity index (χ0) is 18.1. The van der Waals surface area contributed by atoms with E-state index in [1.165, 1.54) is 11.6 Å². The Hall–Kier alpha value is -2.22. The van der Waals surface area contributed by atoms with E-state index in [-0.39, 0.29) is 12.7 Å². The van der Waals surface area contributed by atoms with Crippen LogP contribution in [0.2, 0.25) is 0 Å². The smallest absolute Gasteiger partial charge is 0.325 e. The lowest BCUT2D eigenvalue weighted by atomic mass is 10.1. The molecule has 7 heteroatoms. The lowest BCUT2D eigenvalue weighted by molar-refractivity contribution is -0.152. The van der Waals surface area contributed by atoms with Crippen molar-refractivity contribution in [2.45, 2.75) is 44.4 Å². The highest BCUT2D eigenvalue weighted by atomic mass is 16.5. The monoisotopic (exact) mass is 348 g/mol. The number of benzene rings is 1.